The number of nitrogens with one attached hydrogen (secondary N) is 1. The molecule has 0 aliphatic heterocycles. The molecule has 0 aliphatic carbocycles. The molecule has 0 unspecified atom stereocenters. The van der Waals surface area contributed by atoms with Crippen LogP contribution in [0.1, 0.15) is 4.88 Å². The summed E-state index contributed by atoms with van der Waals surface area (Å²) < 4.78 is 1.14. The first kappa shape index (κ1) is 11.1. The van der Waals surface area contributed by atoms with Crippen molar-refractivity contribution in [3.63, 3.8) is 0 Å². The van der Waals surface area contributed by atoms with Gasteiger partial charge in [-0.25, -0.2) is 9.97 Å². The third kappa shape index (κ3) is 2.20. The molecule has 0 fully saturated rings. The number of nitrogens with zero attached hydrogens (tertiary/aromatic N) is 2. The largest absolute Gasteiger partial charge is 0.364 e. The van der Waals surface area contributed by atoms with Crippen LogP contribution in [0.5, 0.6) is 0 Å². The van der Waals surface area contributed by atoms with Crippen LogP contribution in [0.3, 0.4) is 0 Å². The van der Waals surface area contributed by atoms with Gasteiger partial charge in [-0.15, -0.1) is 22.7 Å². The highest BCUT2D eigenvalue weighted by molar-refractivity contribution is 9.10. The molecule has 0 radical (unpaired) electrons. The first-order valence-electron chi connectivity index (χ1n) is 4.98. The lowest BCUT2D eigenvalue weighted by Crippen LogP contribution is -2.00. The third-order valence-electron chi connectivity index (χ3n) is 2.37. The van der Waals surface area contributed by atoms with Crippen molar-refractivity contribution in [1.29, 1.82) is 0 Å². The van der Waals surface area contributed by atoms with Gasteiger partial charge in [0, 0.05) is 9.35 Å². The van der Waals surface area contributed by atoms with Crippen molar-refractivity contribution in [2.24, 2.45) is 0 Å². The molecule has 0 aliphatic rings. The summed E-state index contributed by atoms with van der Waals surface area (Å²) in [5.41, 5.74) is 0. The Morgan fingerprint density at radius 2 is 2.06 bits per heavy atom. The van der Waals surface area contributed by atoms with Gasteiger partial charge in [0.25, 0.3) is 0 Å². The van der Waals surface area contributed by atoms with Gasteiger partial charge in [-0.2, -0.15) is 0 Å². The van der Waals surface area contributed by atoms with Gasteiger partial charge in [-0.3, -0.25) is 0 Å². The molecule has 0 aromatic carbocycles. The number of aromatic nitrogens is 2. The number of halogens is 1. The van der Waals surface area contributed by atoms with Crippen molar-refractivity contribution in [3.8, 4) is 0 Å². The molecule has 3 nitrogen and oxygen atoms in total. The maximum Gasteiger partial charge on any atom is 0.138 e. The number of hydrogen-bond acceptors (Lipinski definition) is 5. The molecule has 3 aromatic heterocycles. The minimum Gasteiger partial charge on any atom is -0.364 e. The maximum absolute atomic E-state index is 4.28. The van der Waals surface area contributed by atoms with Crippen LogP contribution in [-0.4, -0.2) is 9.97 Å². The van der Waals surface area contributed by atoms with E-state index in [1.807, 2.05) is 11.4 Å². The van der Waals surface area contributed by atoms with E-state index in [4.69, 9.17) is 0 Å². The molecule has 0 atom stereocenters. The van der Waals surface area contributed by atoms with E-state index >= 15 is 0 Å². The summed E-state index contributed by atoms with van der Waals surface area (Å²) in [4.78, 5) is 10.8. The minimum absolute atomic E-state index is 0.778. The van der Waals surface area contributed by atoms with E-state index in [9.17, 15) is 0 Å². The topological polar surface area (TPSA) is 37.8 Å². The number of hydrogen-bond donors (Lipinski definition) is 1. The Hall–Kier alpha value is -0.980. The smallest absolute Gasteiger partial charge is 0.138 e. The molecule has 1 N–H and O–H groups in total. The first-order valence-corrected chi connectivity index (χ1v) is 7.54. The Labute approximate surface area is 115 Å². The second-order valence-corrected chi connectivity index (χ2v) is 6.16. The maximum atomic E-state index is 4.28. The molecule has 0 spiro atoms. The van der Waals surface area contributed by atoms with Crippen molar-refractivity contribution in [3.05, 3.63) is 38.6 Å². The molecule has 0 bridgehead atoms. The van der Waals surface area contributed by atoms with Gasteiger partial charge < -0.3 is 5.32 Å². The molecule has 6 heteroatoms. The molecule has 3 rings (SSSR count). The number of thiophene rings is 2. The second kappa shape index (κ2) is 4.72. The Balaban J connectivity index is 1.86. The average molecular weight is 326 g/mol. The molecular formula is C11H8BrN3S2. The Morgan fingerprint density at radius 1 is 1.18 bits per heavy atom. The van der Waals surface area contributed by atoms with E-state index in [1.54, 1.807) is 29.0 Å². The highest BCUT2D eigenvalue weighted by atomic mass is 79.9. The number of anilines is 1. The normalized spacial score (nSPS) is 10.9. The quantitative estimate of drug-likeness (QED) is 0.786. The van der Waals surface area contributed by atoms with Gasteiger partial charge in [0.1, 0.15) is 17.0 Å². The van der Waals surface area contributed by atoms with E-state index in [0.29, 0.717) is 0 Å². The van der Waals surface area contributed by atoms with Gasteiger partial charge in [0.05, 0.1) is 11.9 Å². The van der Waals surface area contributed by atoms with Crippen molar-refractivity contribution in [1.82, 2.24) is 9.97 Å². The Morgan fingerprint density at radius 3 is 2.88 bits per heavy atom. The van der Waals surface area contributed by atoms with E-state index < -0.39 is 0 Å². The van der Waals surface area contributed by atoms with Gasteiger partial charge >= 0.3 is 0 Å². The summed E-state index contributed by atoms with van der Waals surface area (Å²) in [6, 6.07) is 4.10. The monoisotopic (exact) mass is 325 g/mol. The van der Waals surface area contributed by atoms with Gasteiger partial charge in [-0.05, 0) is 38.8 Å². The predicted molar refractivity (Wildman–Crippen MR) is 76.8 cm³/mol. The van der Waals surface area contributed by atoms with Crippen molar-refractivity contribution in [2.45, 2.75) is 6.54 Å². The summed E-state index contributed by atoms with van der Waals surface area (Å²) >= 11 is 6.88. The zero-order valence-electron chi connectivity index (χ0n) is 8.68. The highest BCUT2D eigenvalue weighted by Gasteiger charge is 2.06. The second-order valence-electron chi connectivity index (χ2n) is 3.41. The van der Waals surface area contributed by atoms with E-state index in [1.165, 1.54) is 4.88 Å². The fraction of sp³-hybridized carbons (Fsp3) is 0.0909. The molecule has 0 saturated carbocycles. The van der Waals surface area contributed by atoms with Crippen LogP contribution in [0, 0.1) is 0 Å². The Bertz CT molecular complexity index is 647. The lowest BCUT2D eigenvalue weighted by Gasteiger charge is -2.05. The van der Waals surface area contributed by atoms with Crippen LogP contribution < -0.4 is 5.32 Å². The molecule has 3 heterocycles. The molecule has 0 amide bonds. The van der Waals surface area contributed by atoms with Crippen LogP contribution in [-0.2, 0) is 6.54 Å². The minimum atomic E-state index is 0.778. The zero-order valence-corrected chi connectivity index (χ0v) is 11.9. The van der Waals surface area contributed by atoms with E-state index in [0.717, 1.165) is 27.1 Å². The van der Waals surface area contributed by atoms with Gasteiger partial charge in [-0.1, -0.05) is 0 Å². The number of rotatable bonds is 3. The van der Waals surface area contributed by atoms with Crippen molar-refractivity contribution >= 4 is 54.6 Å². The lowest BCUT2D eigenvalue weighted by molar-refractivity contribution is 1.12. The molecule has 0 saturated heterocycles. The van der Waals surface area contributed by atoms with Crippen LogP contribution >= 0.6 is 38.6 Å². The number of fused-ring (bicyclic) bond motifs is 1. The van der Waals surface area contributed by atoms with Crippen LogP contribution in [0.4, 0.5) is 5.82 Å². The standard InChI is InChI=1S/C11H8BrN3S2/c12-8-2-4-16-9(8)5-13-10-7-1-3-17-11(7)15-6-14-10/h1-4,6H,5H2,(H,13,14,15). The SMILES string of the molecule is Brc1ccsc1CNc1ncnc2sccc12. The summed E-state index contributed by atoms with van der Waals surface area (Å²) in [6.07, 6.45) is 1.60. The summed E-state index contributed by atoms with van der Waals surface area (Å²) in [6.45, 7) is 0.778. The summed E-state index contributed by atoms with van der Waals surface area (Å²) in [5, 5.41) is 8.55. The summed E-state index contributed by atoms with van der Waals surface area (Å²) in [7, 11) is 0. The van der Waals surface area contributed by atoms with Crippen molar-refractivity contribution < 1.29 is 0 Å². The van der Waals surface area contributed by atoms with E-state index in [2.05, 4.69) is 42.7 Å². The average Bonchev–Trinajstić information content (AvgIpc) is 2.95. The van der Waals surface area contributed by atoms with Crippen molar-refractivity contribution in [2.75, 3.05) is 5.32 Å². The zero-order chi connectivity index (χ0) is 11.7. The summed E-state index contributed by atoms with van der Waals surface area (Å²) in [5.74, 6) is 0.900. The van der Waals surface area contributed by atoms with E-state index in [-0.39, 0.29) is 0 Å². The van der Waals surface area contributed by atoms with Crippen LogP contribution in [0.2, 0.25) is 0 Å². The fourth-order valence-electron chi connectivity index (χ4n) is 1.55. The lowest BCUT2D eigenvalue weighted by atomic mass is 10.3. The molecule has 17 heavy (non-hydrogen) atoms. The highest BCUT2D eigenvalue weighted by Crippen LogP contribution is 2.26. The molecule has 3 aromatic rings. The molecular weight excluding hydrogens is 318 g/mol. The fourth-order valence-corrected chi connectivity index (χ4v) is 3.71. The van der Waals surface area contributed by atoms with Gasteiger partial charge in [0.2, 0.25) is 0 Å². The Kier molecular flexibility index (Phi) is 3.09. The third-order valence-corrected chi connectivity index (χ3v) is 5.12. The van der Waals surface area contributed by atoms with Gasteiger partial charge in [0.15, 0.2) is 0 Å². The molecule has 86 valence electrons. The first-order chi connectivity index (χ1) is 8.34. The predicted octanol–water partition coefficient (Wildman–Crippen LogP) is 4.13. The van der Waals surface area contributed by atoms with Crippen LogP contribution in [0.25, 0.3) is 10.2 Å². The van der Waals surface area contributed by atoms with Crippen LogP contribution in [0.15, 0.2) is 33.7 Å².